The fourth-order valence-corrected chi connectivity index (χ4v) is 2.76. The van der Waals surface area contributed by atoms with Crippen molar-refractivity contribution in [2.24, 2.45) is 0 Å². The maximum absolute atomic E-state index is 12.5. The number of halogens is 3. The van der Waals surface area contributed by atoms with Gasteiger partial charge in [0.1, 0.15) is 6.61 Å². The van der Waals surface area contributed by atoms with Gasteiger partial charge in [0.25, 0.3) is 0 Å². The van der Waals surface area contributed by atoms with Gasteiger partial charge in [0.05, 0.1) is 0 Å². The minimum Gasteiger partial charge on any atom is -0.459 e. The highest BCUT2D eigenvalue weighted by Crippen LogP contribution is 2.27. The summed E-state index contributed by atoms with van der Waals surface area (Å²) in [7, 11) is -5.87. The van der Waals surface area contributed by atoms with Crippen LogP contribution in [0.4, 0.5) is 13.2 Å². The molecule has 1 aromatic rings. The van der Waals surface area contributed by atoms with Crippen molar-refractivity contribution < 1.29 is 35.3 Å². The van der Waals surface area contributed by atoms with E-state index in [9.17, 15) is 26.4 Å². The van der Waals surface area contributed by atoms with Crippen molar-refractivity contribution in [3.05, 3.63) is 35.9 Å². The molecule has 1 atom stereocenters. The van der Waals surface area contributed by atoms with E-state index in [1.807, 2.05) is 6.92 Å². The molecule has 0 radical (unpaired) electrons. The van der Waals surface area contributed by atoms with Crippen LogP contribution in [0.3, 0.4) is 0 Å². The van der Waals surface area contributed by atoms with Gasteiger partial charge in [-0.1, -0.05) is 69.4 Å². The van der Waals surface area contributed by atoms with Crippen LogP contribution in [-0.2, 0) is 30.4 Å². The van der Waals surface area contributed by atoms with Crippen molar-refractivity contribution in [1.82, 2.24) is 0 Å². The van der Waals surface area contributed by atoms with Gasteiger partial charge < -0.3 is 4.74 Å². The molecule has 1 aromatic carbocycles. The predicted octanol–water partition coefficient (Wildman–Crippen LogP) is 4.33. The van der Waals surface area contributed by atoms with Crippen LogP contribution in [0.2, 0.25) is 0 Å². The van der Waals surface area contributed by atoms with Crippen molar-refractivity contribution in [2.45, 2.75) is 63.7 Å². The van der Waals surface area contributed by atoms with Gasteiger partial charge >= 0.3 is 21.6 Å². The normalized spacial score (nSPS) is 13.4. The number of hydrogen-bond donors (Lipinski definition) is 0. The standard InChI is InChI=1S/C17H23F3O5S/c1-2-3-4-5-9-12-15(25-26(22,23)17(18,19)20)16(21)24-13-14-10-7-6-8-11-14/h6-8,10-11,15H,2-5,9,12-13H2,1H3/t15-/m0/s1. The molecule has 0 unspecified atom stereocenters. The molecule has 0 saturated heterocycles. The third-order valence-corrected chi connectivity index (χ3v) is 4.64. The van der Waals surface area contributed by atoms with E-state index in [4.69, 9.17) is 4.74 Å². The summed E-state index contributed by atoms with van der Waals surface area (Å²) in [5.41, 5.74) is -4.96. The first kappa shape index (κ1) is 22.4. The van der Waals surface area contributed by atoms with Crippen molar-refractivity contribution in [3.8, 4) is 0 Å². The van der Waals surface area contributed by atoms with Crippen LogP contribution in [0, 0.1) is 0 Å². The number of unbranched alkanes of at least 4 members (excludes halogenated alkanes) is 4. The lowest BCUT2D eigenvalue weighted by Crippen LogP contribution is -2.35. The molecule has 0 aromatic heterocycles. The van der Waals surface area contributed by atoms with E-state index < -0.39 is 27.7 Å². The molecule has 0 aliphatic carbocycles. The number of esters is 1. The lowest BCUT2D eigenvalue weighted by atomic mass is 10.1. The molecule has 0 aliphatic heterocycles. The maximum atomic E-state index is 12.5. The third kappa shape index (κ3) is 7.74. The molecule has 0 spiro atoms. The number of carbonyl (C=O) groups excluding carboxylic acids is 1. The zero-order valence-electron chi connectivity index (χ0n) is 14.5. The number of alkyl halides is 3. The van der Waals surface area contributed by atoms with Gasteiger partial charge in [-0.15, -0.1) is 0 Å². The highest BCUT2D eigenvalue weighted by molar-refractivity contribution is 7.87. The van der Waals surface area contributed by atoms with E-state index in [1.165, 1.54) is 0 Å². The second-order valence-corrected chi connectivity index (χ2v) is 7.34. The molecule has 9 heteroatoms. The molecule has 26 heavy (non-hydrogen) atoms. The average molecular weight is 396 g/mol. The molecule has 0 heterocycles. The average Bonchev–Trinajstić information content (AvgIpc) is 2.58. The number of ether oxygens (including phenoxy) is 1. The Hall–Kier alpha value is -1.61. The number of rotatable bonds is 11. The van der Waals surface area contributed by atoms with Crippen LogP contribution in [0.25, 0.3) is 0 Å². The lowest BCUT2D eigenvalue weighted by molar-refractivity contribution is -0.154. The van der Waals surface area contributed by atoms with E-state index in [0.717, 1.165) is 19.3 Å². The highest BCUT2D eigenvalue weighted by Gasteiger charge is 2.49. The van der Waals surface area contributed by atoms with E-state index in [2.05, 4.69) is 4.18 Å². The summed E-state index contributed by atoms with van der Waals surface area (Å²) in [6, 6.07) is 8.50. The Kier molecular flexibility index (Phi) is 9.07. The Morgan fingerprint density at radius 2 is 1.69 bits per heavy atom. The fraction of sp³-hybridized carbons (Fsp3) is 0.588. The van der Waals surface area contributed by atoms with Crippen LogP contribution in [0.15, 0.2) is 30.3 Å². The number of benzene rings is 1. The van der Waals surface area contributed by atoms with E-state index in [1.54, 1.807) is 30.3 Å². The number of hydrogen-bond acceptors (Lipinski definition) is 5. The Morgan fingerprint density at radius 3 is 2.27 bits per heavy atom. The van der Waals surface area contributed by atoms with E-state index in [0.29, 0.717) is 18.4 Å². The summed E-state index contributed by atoms with van der Waals surface area (Å²) in [5, 5.41) is 0. The first-order valence-electron chi connectivity index (χ1n) is 8.37. The largest absolute Gasteiger partial charge is 0.523 e. The van der Waals surface area contributed by atoms with Crippen LogP contribution in [0.1, 0.15) is 51.0 Å². The minimum atomic E-state index is -5.87. The molecule has 0 N–H and O–H groups in total. The van der Waals surface area contributed by atoms with Crippen LogP contribution >= 0.6 is 0 Å². The van der Waals surface area contributed by atoms with E-state index in [-0.39, 0.29) is 13.0 Å². The topological polar surface area (TPSA) is 69.7 Å². The molecular weight excluding hydrogens is 373 g/mol. The van der Waals surface area contributed by atoms with Crippen molar-refractivity contribution in [2.75, 3.05) is 0 Å². The van der Waals surface area contributed by atoms with Gasteiger partial charge in [-0.25, -0.2) is 8.98 Å². The first-order chi connectivity index (χ1) is 12.2. The summed E-state index contributed by atoms with van der Waals surface area (Å²) in [6.45, 7) is 1.82. The molecule has 0 aliphatic rings. The Labute approximate surface area is 151 Å². The van der Waals surface area contributed by atoms with Crippen molar-refractivity contribution >= 4 is 16.1 Å². The Balaban J connectivity index is 2.70. The summed E-state index contributed by atoms with van der Waals surface area (Å²) >= 11 is 0. The van der Waals surface area contributed by atoms with Gasteiger partial charge in [0.2, 0.25) is 0 Å². The highest BCUT2D eigenvalue weighted by atomic mass is 32.2. The molecular formula is C17H23F3O5S. The van der Waals surface area contributed by atoms with Gasteiger partial charge in [-0.05, 0) is 12.0 Å². The fourth-order valence-electron chi connectivity index (χ4n) is 2.17. The third-order valence-electron chi connectivity index (χ3n) is 3.58. The van der Waals surface area contributed by atoms with Crippen molar-refractivity contribution in [1.29, 1.82) is 0 Å². The smallest absolute Gasteiger partial charge is 0.459 e. The summed E-state index contributed by atoms with van der Waals surface area (Å²) in [4.78, 5) is 12.1. The molecule has 0 fully saturated rings. The molecule has 0 amide bonds. The zero-order chi connectivity index (χ0) is 19.6. The monoisotopic (exact) mass is 396 g/mol. The summed E-state index contributed by atoms with van der Waals surface area (Å²) in [6.07, 6.45) is 1.81. The second-order valence-electron chi connectivity index (χ2n) is 5.78. The van der Waals surface area contributed by atoms with Crippen LogP contribution in [0.5, 0.6) is 0 Å². The Bertz CT molecular complexity index is 644. The minimum absolute atomic E-state index is 0.160. The van der Waals surface area contributed by atoms with Gasteiger partial charge in [0.15, 0.2) is 6.10 Å². The van der Waals surface area contributed by atoms with Gasteiger partial charge in [0, 0.05) is 0 Å². The van der Waals surface area contributed by atoms with E-state index >= 15 is 0 Å². The second kappa shape index (κ2) is 10.5. The number of carbonyl (C=O) groups is 1. The quantitative estimate of drug-likeness (QED) is 0.241. The van der Waals surface area contributed by atoms with Crippen molar-refractivity contribution in [3.63, 3.8) is 0 Å². The van der Waals surface area contributed by atoms with Gasteiger partial charge in [-0.2, -0.15) is 21.6 Å². The zero-order valence-corrected chi connectivity index (χ0v) is 15.3. The van der Waals surface area contributed by atoms with Crippen LogP contribution in [-0.4, -0.2) is 26.0 Å². The molecule has 0 bridgehead atoms. The predicted molar refractivity (Wildman–Crippen MR) is 89.5 cm³/mol. The Morgan fingerprint density at radius 1 is 1.08 bits per heavy atom. The lowest BCUT2D eigenvalue weighted by Gasteiger charge is -2.17. The van der Waals surface area contributed by atoms with Gasteiger partial charge in [-0.3, -0.25) is 0 Å². The summed E-state index contributed by atoms with van der Waals surface area (Å²) < 4.78 is 69.1. The SMILES string of the molecule is CCCCCCC[C@H](OS(=O)(=O)C(F)(F)F)C(=O)OCc1ccccc1. The maximum Gasteiger partial charge on any atom is 0.523 e. The molecule has 1 rings (SSSR count). The first-order valence-corrected chi connectivity index (χ1v) is 9.78. The molecule has 0 saturated carbocycles. The molecule has 5 nitrogen and oxygen atoms in total. The summed E-state index contributed by atoms with van der Waals surface area (Å²) in [5.74, 6) is -1.13. The molecule has 148 valence electrons. The van der Waals surface area contributed by atoms with Crippen LogP contribution < -0.4 is 0 Å².